The zero-order valence-corrected chi connectivity index (χ0v) is 16.0. The summed E-state index contributed by atoms with van der Waals surface area (Å²) in [6, 6.07) is 12.2. The normalized spacial score (nSPS) is 11.2. The molecule has 0 unspecified atom stereocenters. The van der Waals surface area contributed by atoms with E-state index >= 15 is 0 Å². The highest BCUT2D eigenvalue weighted by molar-refractivity contribution is 7.17. The maximum absolute atomic E-state index is 6.06. The zero-order valence-electron chi connectivity index (χ0n) is 14.4. The van der Waals surface area contributed by atoms with Crippen molar-refractivity contribution in [3.63, 3.8) is 0 Å². The Morgan fingerprint density at radius 2 is 1.85 bits per heavy atom. The van der Waals surface area contributed by atoms with E-state index in [0.717, 1.165) is 27.2 Å². The maximum Gasteiger partial charge on any atom is 0.144 e. The Morgan fingerprint density at radius 1 is 1.04 bits per heavy atom. The van der Waals surface area contributed by atoms with Gasteiger partial charge in [-0.05, 0) is 29.2 Å². The summed E-state index contributed by atoms with van der Waals surface area (Å²) >= 11 is 7.67. The number of thiophene rings is 1. The highest BCUT2D eigenvalue weighted by Crippen LogP contribution is 2.37. The van der Waals surface area contributed by atoms with Gasteiger partial charge in [0, 0.05) is 22.2 Å². The van der Waals surface area contributed by atoms with E-state index < -0.39 is 0 Å². The molecule has 4 rings (SSSR count). The van der Waals surface area contributed by atoms with E-state index in [1.165, 1.54) is 5.56 Å². The summed E-state index contributed by atoms with van der Waals surface area (Å²) in [7, 11) is 0. The minimum atomic E-state index is 0.512. The van der Waals surface area contributed by atoms with E-state index in [0.29, 0.717) is 16.8 Å². The number of fused-ring (bicyclic) bond motifs is 1. The Balaban J connectivity index is 1.79. The molecule has 1 aromatic carbocycles. The van der Waals surface area contributed by atoms with Crippen LogP contribution in [0.3, 0.4) is 0 Å². The molecule has 0 spiro atoms. The van der Waals surface area contributed by atoms with Gasteiger partial charge in [0.25, 0.3) is 0 Å². The summed E-state index contributed by atoms with van der Waals surface area (Å²) in [5.74, 6) is 1.90. The topological polar surface area (TPSA) is 50.7 Å². The standard InChI is InChI=1S/C20H17ClN4S/c1-12(2)13-3-5-14(6-4-13)16-10-26-20-18(16)19(23-11-24-20)25-17-9-15(21)7-8-22-17/h3-12H,1-2H3,(H,22,23,24,25). The molecule has 3 heterocycles. The molecular formula is C20H17ClN4S. The number of benzene rings is 1. The van der Waals surface area contributed by atoms with Gasteiger partial charge in [0.05, 0.1) is 5.39 Å². The van der Waals surface area contributed by atoms with Gasteiger partial charge in [0.1, 0.15) is 22.8 Å². The van der Waals surface area contributed by atoms with Crippen LogP contribution >= 0.6 is 22.9 Å². The fourth-order valence-corrected chi connectivity index (χ4v) is 3.90. The molecule has 4 nitrogen and oxygen atoms in total. The minimum absolute atomic E-state index is 0.512. The van der Waals surface area contributed by atoms with E-state index in [1.807, 2.05) is 0 Å². The second-order valence-electron chi connectivity index (χ2n) is 6.31. The number of aromatic nitrogens is 3. The molecule has 0 aliphatic heterocycles. The van der Waals surface area contributed by atoms with Crippen LogP contribution in [-0.2, 0) is 0 Å². The number of rotatable bonds is 4. The molecule has 0 fully saturated rings. The largest absolute Gasteiger partial charge is 0.324 e. The molecule has 0 amide bonds. The molecule has 6 heteroatoms. The Labute approximate surface area is 160 Å². The fourth-order valence-electron chi connectivity index (χ4n) is 2.82. The van der Waals surface area contributed by atoms with Crippen molar-refractivity contribution in [3.8, 4) is 11.1 Å². The Morgan fingerprint density at radius 3 is 2.58 bits per heavy atom. The molecule has 130 valence electrons. The number of hydrogen-bond acceptors (Lipinski definition) is 5. The number of pyridine rings is 1. The van der Waals surface area contributed by atoms with Gasteiger partial charge in [0.15, 0.2) is 0 Å². The number of halogens is 1. The van der Waals surface area contributed by atoms with Crippen LogP contribution in [0.5, 0.6) is 0 Å². The van der Waals surface area contributed by atoms with E-state index in [-0.39, 0.29) is 0 Å². The smallest absolute Gasteiger partial charge is 0.144 e. The van der Waals surface area contributed by atoms with Crippen LogP contribution in [0.15, 0.2) is 54.3 Å². The molecule has 0 radical (unpaired) electrons. The predicted molar refractivity (Wildman–Crippen MR) is 109 cm³/mol. The lowest BCUT2D eigenvalue weighted by atomic mass is 9.99. The van der Waals surface area contributed by atoms with Crippen molar-refractivity contribution in [2.24, 2.45) is 0 Å². The first kappa shape index (κ1) is 16.9. The van der Waals surface area contributed by atoms with Crippen LogP contribution in [0.2, 0.25) is 5.02 Å². The van der Waals surface area contributed by atoms with Gasteiger partial charge in [0.2, 0.25) is 0 Å². The first-order chi connectivity index (χ1) is 12.6. The maximum atomic E-state index is 6.06. The molecule has 26 heavy (non-hydrogen) atoms. The van der Waals surface area contributed by atoms with Crippen molar-refractivity contribution in [2.75, 3.05) is 5.32 Å². The molecule has 0 saturated carbocycles. The summed E-state index contributed by atoms with van der Waals surface area (Å²) in [6.07, 6.45) is 3.24. The quantitative estimate of drug-likeness (QED) is 0.453. The second-order valence-corrected chi connectivity index (χ2v) is 7.61. The van der Waals surface area contributed by atoms with Crippen molar-refractivity contribution in [1.82, 2.24) is 15.0 Å². The molecule has 4 aromatic rings. The molecule has 0 saturated heterocycles. The van der Waals surface area contributed by atoms with Crippen LogP contribution in [0, 0.1) is 0 Å². The SMILES string of the molecule is CC(C)c1ccc(-c2csc3ncnc(Nc4cc(Cl)ccn4)c23)cc1. The molecule has 1 N–H and O–H groups in total. The number of nitrogens with zero attached hydrogens (tertiary/aromatic N) is 3. The summed E-state index contributed by atoms with van der Waals surface area (Å²) in [4.78, 5) is 14.1. The third-order valence-electron chi connectivity index (χ3n) is 4.23. The van der Waals surface area contributed by atoms with Gasteiger partial charge in [-0.1, -0.05) is 49.7 Å². The number of nitrogens with one attached hydrogen (secondary N) is 1. The van der Waals surface area contributed by atoms with E-state index in [1.54, 1.807) is 36.0 Å². The van der Waals surface area contributed by atoms with Gasteiger partial charge >= 0.3 is 0 Å². The predicted octanol–water partition coefficient (Wildman–Crippen LogP) is 6.27. The third kappa shape index (κ3) is 3.28. The molecule has 3 aromatic heterocycles. The van der Waals surface area contributed by atoms with Crippen LogP contribution < -0.4 is 5.32 Å². The lowest BCUT2D eigenvalue weighted by molar-refractivity contribution is 0.867. The summed E-state index contributed by atoms with van der Waals surface area (Å²) in [5.41, 5.74) is 3.59. The van der Waals surface area contributed by atoms with Crippen LogP contribution in [0.1, 0.15) is 25.3 Å². The Bertz CT molecular complexity index is 1060. The van der Waals surface area contributed by atoms with Crippen LogP contribution in [-0.4, -0.2) is 15.0 Å². The third-order valence-corrected chi connectivity index (χ3v) is 5.35. The summed E-state index contributed by atoms with van der Waals surface area (Å²) < 4.78 is 0. The van der Waals surface area contributed by atoms with E-state index in [4.69, 9.17) is 11.6 Å². The van der Waals surface area contributed by atoms with E-state index in [9.17, 15) is 0 Å². The highest BCUT2D eigenvalue weighted by Gasteiger charge is 2.14. The van der Waals surface area contributed by atoms with Gasteiger partial charge in [-0.25, -0.2) is 15.0 Å². The molecule has 0 atom stereocenters. The van der Waals surface area contributed by atoms with Gasteiger partial charge < -0.3 is 5.32 Å². The van der Waals surface area contributed by atoms with E-state index in [2.05, 4.69) is 63.8 Å². The van der Waals surface area contributed by atoms with Crippen LogP contribution in [0.25, 0.3) is 21.3 Å². The second kappa shape index (κ2) is 7.02. The molecule has 0 bridgehead atoms. The lowest BCUT2D eigenvalue weighted by Gasteiger charge is -2.09. The lowest BCUT2D eigenvalue weighted by Crippen LogP contribution is -1.97. The zero-order chi connectivity index (χ0) is 18.1. The van der Waals surface area contributed by atoms with Crippen molar-refractivity contribution in [3.05, 3.63) is 64.9 Å². The minimum Gasteiger partial charge on any atom is -0.324 e. The van der Waals surface area contributed by atoms with Gasteiger partial charge in [-0.2, -0.15) is 0 Å². The van der Waals surface area contributed by atoms with Gasteiger partial charge in [-0.3, -0.25) is 0 Å². The van der Waals surface area contributed by atoms with Crippen molar-refractivity contribution >= 4 is 44.8 Å². The Hall–Kier alpha value is -2.50. The number of hydrogen-bond donors (Lipinski definition) is 1. The first-order valence-electron chi connectivity index (χ1n) is 8.33. The summed E-state index contributed by atoms with van der Waals surface area (Å²) in [6.45, 7) is 4.39. The van der Waals surface area contributed by atoms with Gasteiger partial charge in [-0.15, -0.1) is 11.3 Å². The number of anilines is 2. The molecule has 0 aliphatic rings. The average Bonchev–Trinajstić information content (AvgIpc) is 3.07. The summed E-state index contributed by atoms with van der Waals surface area (Å²) in [5, 5.41) is 7.02. The van der Waals surface area contributed by atoms with Crippen molar-refractivity contribution < 1.29 is 0 Å². The average molecular weight is 381 g/mol. The molecule has 0 aliphatic carbocycles. The van der Waals surface area contributed by atoms with Crippen molar-refractivity contribution in [1.29, 1.82) is 0 Å². The highest BCUT2D eigenvalue weighted by atomic mass is 35.5. The van der Waals surface area contributed by atoms with Crippen molar-refractivity contribution in [2.45, 2.75) is 19.8 Å². The molecular weight excluding hydrogens is 364 g/mol. The first-order valence-corrected chi connectivity index (χ1v) is 9.58. The monoisotopic (exact) mass is 380 g/mol. The fraction of sp³-hybridized carbons (Fsp3) is 0.150. The Kier molecular flexibility index (Phi) is 4.57. The van der Waals surface area contributed by atoms with Crippen LogP contribution in [0.4, 0.5) is 11.6 Å².